The van der Waals surface area contributed by atoms with E-state index in [1.807, 2.05) is 13.8 Å². The van der Waals surface area contributed by atoms with Crippen molar-refractivity contribution in [1.82, 2.24) is 0 Å². The van der Waals surface area contributed by atoms with Crippen LogP contribution in [0.1, 0.15) is 65.7 Å². The third-order valence-electron chi connectivity index (χ3n) is 4.00. The zero-order valence-corrected chi connectivity index (χ0v) is 9.03. The number of hydrogen-bond donors (Lipinski definition) is 0. The maximum absolute atomic E-state index is 2.38. The van der Waals surface area contributed by atoms with Gasteiger partial charge in [-0.2, -0.15) is 0 Å². The lowest BCUT2D eigenvalue weighted by Crippen LogP contribution is -2.33. The molecule has 0 atom stereocenters. The smallest absolute Gasteiger partial charge is 0.0300 e. The molecule has 0 nitrogen and oxygen atoms in total. The predicted octanol–water partition coefficient (Wildman–Crippen LogP) is 4.39. The molecule has 3 fully saturated rings. The van der Waals surface area contributed by atoms with Gasteiger partial charge in [-0.1, -0.05) is 27.2 Å². The average Bonchev–Trinajstić information content (AvgIpc) is 2.24. The van der Waals surface area contributed by atoms with Crippen LogP contribution in [0, 0.1) is 11.3 Å². The first-order chi connectivity index (χ1) is 5.85. The van der Waals surface area contributed by atoms with Gasteiger partial charge < -0.3 is 0 Å². The monoisotopic (exact) mass is 168 g/mol. The molecular weight excluding hydrogens is 144 g/mol. The second kappa shape index (κ2) is 4.30. The lowest BCUT2D eigenvalue weighted by Gasteiger charge is -2.46. The topological polar surface area (TPSA) is 0 Å². The molecule has 0 amide bonds. The van der Waals surface area contributed by atoms with Crippen LogP contribution in [0.2, 0.25) is 0 Å². The van der Waals surface area contributed by atoms with Crippen molar-refractivity contribution in [3.8, 4) is 0 Å². The van der Waals surface area contributed by atoms with Crippen LogP contribution >= 0.6 is 0 Å². The van der Waals surface area contributed by atoms with E-state index < -0.39 is 0 Å². The molecule has 0 heterocycles. The van der Waals surface area contributed by atoms with E-state index in [4.69, 9.17) is 0 Å². The molecule has 0 saturated heterocycles. The van der Waals surface area contributed by atoms with Crippen LogP contribution in [-0.2, 0) is 0 Å². The first-order valence-corrected chi connectivity index (χ1v) is 5.85. The molecule has 0 aromatic carbocycles. The van der Waals surface area contributed by atoms with Gasteiger partial charge in [-0.05, 0) is 49.9 Å². The summed E-state index contributed by atoms with van der Waals surface area (Å²) < 4.78 is 0. The molecule has 0 unspecified atom stereocenters. The van der Waals surface area contributed by atoms with Crippen LogP contribution in [0.25, 0.3) is 0 Å². The highest BCUT2D eigenvalue weighted by molar-refractivity contribution is 4.90. The van der Waals surface area contributed by atoms with E-state index in [0.717, 1.165) is 11.3 Å². The van der Waals surface area contributed by atoms with Crippen LogP contribution in [0.4, 0.5) is 0 Å². The number of fused-ring (bicyclic) bond motifs is 3. The van der Waals surface area contributed by atoms with Gasteiger partial charge in [0.2, 0.25) is 0 Å². The molecule has 0 spiro atoms. The molecule has 12 heavy (non-hydrogen) atoms. The Morgan fingerprint density at radius 3 is 1.67 bits per heavy atom. The summed E-state index contributed by atoms with van der Waals surface area (Å²) in [5, 5.41) is 0. The van der Waals surface area contributed by atoms with E-state index in [2.05, 4.69) is 6.92 Å². The summed E-state index contributed by atoms with van der Waals surface area (Å²) in [7, 11) is 0. The molecule has 3 aliphatic carbocycles. The summed E-state index contributed by atoms with van der Waals surface area (Å²) in [6.07, 6.45) is 10.7. The maximum Gasteiger partial charge on any atom is -0.0300 e. The molecule has 0 aromatic heterocycles. The molecule has 0 radical (unpaired) electrons. The van der Waals surface area contributed by atoms with Crippen molar-refractivity contribution in [3.63, 3.8) is 0 Å². The van der Waals surface area contributed by atoms with Gasteiger partial charge in [-0.15, -0.1) is 0 Å². The van der Waals surface area contributed by atoms with Crippen molar-refractivity contribution >= 4 is 0 Å². The minimum atomic E-state index is 0.828. The summed E-state index contributed by atoms with van der Waals surface area (Å²) in [6, 6.07) is 0. The molecule has 0 aliphatic heterocycles. The Bertz CT molecular complexity index is 104. The van der Waals surface area contributed by atoms with Gasteiger partial charge >= 0.3 is 0 Å². The van der Waals surface area contributed by atoms with Crippen molar-refractivity contribution in [2.24, 2.45) is 11.3 Å². The lowest BCUT2D eigenvalue weighted by atomic mass is 9.60. The predicted molar refractivity (Wildman–Crippen MR) is 55.3 cm³/mol. The van der Waals surface area contributed by atoms with E-state index in [-0.39, 0.29) is 0 Å². The van der Waals surface area contributed by atoms with Crippen molar-refractivity contribution < 1.29 is 0 Å². The van der Waals surface area contributed by atoms with Crippen LogP contribution in [0.15, 0.2) is 0 Å². The normalized spacial score (nSPS) is 38.8. The highest BCUT2D eigenvalue weighted by Crippen LogP contribution is 2.51. The molecule has 72 valence electrons. The first kappa shape index (κ1) is 10.1. The van der Waals surface area contributed by atoms with Gasteiger partial charge in [0.1, 0.15) is 0 Å². The van der Waals surface area contributed by atoms with E-state index in [1.54, 1.807) is 38.5 Å². The van der Waals surface area contributed by atoms with Crippen molar-refractivity contribution in [2.75, 3.05) is 0 Å². The van der Waals surface area contributed by atoms with Gasteiger partial charge in [0.15, 0.2) is 0 Å². The minimum absolute atomic E-state index is 0.828. The van der Waals surface area contributed by atoms with Crippen LogP contribution < -0.4 is 0 Å². The van der Waals surface area contributed by atoms with Gasteiger partial charge in [0.05, 0.1) is 0 Å². The fourth-order valence-corrected chi connectivity index (χ4v) is 2.87. The molecule has 3 saturated carbocycles. The Kier molecular flexibility index (Phi) is 3.61. The minimum Gasteiger partial charge on any atom is -0.0683 e. The van der Waals surface area contributed by atoms with Gasteiger partial charge in [0.25, 0.3) is 0 Å². The molecule has 2 bridgehead atoms. The molecule has 0 aromatic rings. The fourth-order valence-electron chi connectivity index (χ4n) is 2.87. The van der Waals surface area contributed by atoms with E-state index in [9.17, 15) is 0 Å². The Balaban J connectivity index is 0.000000336. The second-order valence-corrected chi connectivity index (χ2v) is 4.34. The summed E-state index contributed by atoms with van der Waals surface area (Å²) in [5.41, 5.74) is 0.828. The number of hydrogen-bond acceptors (Lipinski definition) is 0. The second-order valence-electron chi connectivity index (χ2n) is 4.34. The number of rotatable bonds is 1. The largest absolute Gasteiger partial charge is 0.0683 e. The van der Waals surface area contributed by atoms with E-state index in [0.29, 0.717) is 0 Å². The Morgan fingerprint density at radius 1 is 1.00 bits per heavy atom. The van der Waals surface area contributed by atoms with E-state index in [1.165, 1.54) is 6.42 Å². The third kappa shape index (κ3) is 1.84. The Morgan fingerprint density at radius 2 is 1.42 bits per heavy atom. The van der Waals surface area contributed by atoms with Crippen LogP contribution in [-0.4, -0.2) is 0 Å². The summed E-state index contributed by atoms with van der Waals surface area (Å²) in [6.45, 7) is 6.38. The zero-order chi connectivity index (χ0) is 9.03. The van der Waals surface area contributed by atoms with Crippen LogP contribution in [0.5, 0.6) is 0 Å². The quantitative estimate of drug-likeness (QED) is 0.544. The van der Waals surface area contributed by atoms with Crippen molar-refractivity contribution in [1.29, 1.82) is 0 Å². The standard InChI is InChI=1S/C10H18.C2H6/c1-2-10-6-3-9(4-7-10)5-8-10;1-2/h9H,2-8H2,1H3;1-2H3. The Labute approximate surface area is 77.7 Å². The third-order valence-corrected chi connectivity index (χ3v) is 4.00. The molecule has 3 aliphatic rings. The first-order valence-electron chi connectivity index (χ1n) is 5.85. The molecule has 0 heteroatoms. The Hall–Kier alpha value is 0. The average molecular weight is 168 g/mol. The lowest BCUT2D eigenvalue weighted by molar-refractivity contribution is 0.0614. The summed E-state index contributed by atoms with van der Waals surface area (Å²) in [5.74, 6) is 1.13. The highest BCUT2D eigenvalue weighted by Gasteiger charge is 2.38. The summed E-state index contributed by atoms with van der Waals surface area (Å²) >= 11 is 0. The van der Waals surface area contributed by atoms with Crippen molar-refractivity contribution in [2.45, 2.75) is 65.7 Å². The highest BCUT2D eigenvalue weighted by atomic mass is 14.4. The molecule has 0 N–H and O–H groups in total. The molecular formula is C12H24. The maximum atomic E-state index is 2.38. The zero-order valence-electron chi connectivity index (χ0n) is 9.03. The fraction of sp³-hybridized carbons (Fsp3) is 1.00. The van der Waals surface area contributed by atoms with Crippen molar-refractivity contribution in [3.05, 3.63) is 0 Å². The molecule has 3 rings (SSSR count). The van der Waals surface area contributed by atoms with Gasteiger partial charge in [-0.25, -0.2) is 0 Å². The SMILES string of the molecule is CC.CCC12CCC(CC1)CC2. The van der Waals surface area contributed by atoms with Gasteiger partial charge in [-0.3, -0.25) is 0 Å². The summed E-state index contributed by atoms with van der Waals surface area (Å²) in [4.78, 5) is 0. The van der Waals surface area contributed by atoms with E-state index >= 15 is 0 Å². The van der Waals surface area contributed by atoms with Gasteiger partial charge in [0, 0.05) is 0 Å². The van der Waals surface area contributed by atoms with Crippen LogP contribution in [0.3, 0.4) is 0 Å².